The number of nitrogens with zero attached hydrogens (tertiary/aromatic N) is 2. The summed E-state index contributed by atoms with van der Waals surface area (Å²) in [6.07, 6.45) is 4.55. The summed E-state index contributed by atoms with van der Waals surface area (Å²) in [6, 6.07) is 5.79. The SMILES string of the molecule is CN(C(=O)OC(C)(C)C)c1ccc(CC2CCN(C3CCC4(CC3)OCCO4)C2=O)c(Cl)c1. The van der Waals surface area contributed by atoms with E-state index < -0.39 is 17.5 Å². The molecule has 8 heteroatoms. The van der Waals surface area contributed by atoms with Crippen molar-refractivity contribution in [1.29, 1.82) is 0 Å². The van der Waals surface area contributed by atoms with Gasteiger partial charge in [-0.2, -0.15) is 0 Å². The second-order valence-electron chi connectivity index (χ2n) is 10.4. The lowest BCUT2D eigenvalue weighted by molar-refractivity contribution is -0.184. The van der Waals surface area contributed by atoms with Crippen molar-refractivity contribution in [3.8, 4) is 0 Å². The topological polar surface area (TPSA) is 68.3 Å². The van der Waals surface area contributed by atoms with E-state index in [0.29, 0.717) is 30.3 Å². The van der Waals surface area contributed by atoms with Gasteiger partial charge in [-0.1, -0.05) is 17.7 Å². The van der Waals surface area contributed by atoms with E-state index in [4.69, 9.17) is 25.8 Å². The summed E-state index contributed by atoms with van der Waals surface area (Å²) in [5.41, 5.74) is 1.01. The molecule has 0 N–H and O–H groups in total. The minimum absolute atomic E-state index is 0.0631. The molecule has 1 atom stereocenters. The monoisotopic (exact) mass is 478 g/mol. The molecule has 2 heterocycles. The van der Waals surface area contributed by atoms with Crippen LogP contribution < -0.4 is 4.90 Å². The first-order chi connectivity index (χ1) is 15.6. The van der Waals surface area contributed by atoms with Crippen molar-refractivity contribution in [3.05, 3.63) is 28.8 Å². The minimum atomic E-state index is -0.570. The number of carbonyl (C=O) groups is 2. The molecule has 3 fully saturated rings. The minimum Gasteiger partial charge on any atom is -0.443 e. The van der Waals surface area contributed by atoms with Crippen molar-refractivity contribution in [2.45, 2.75) is 76.7 Å². The Labute approximate surface area is 201 Å². The normalized spacial score (nSPS) is 23.4. The quantitative estimate of drug-likeness (QED) is 0.622. The van der Waals surface area contributed by atoms with Crippen molar-refractivity contribution in [2.75, 3.05) is 31.7 Å². The predicted octanol–water partition coefficient (Wildman–Crippen LogP) is 4.79. The van der Waals surface area contributed by atoms with Crippen LogP contribution in [0.5, 0.6) is 0 Å². The molecule has 7 nitrogen and oxygen atoms in total. The molecule has 3 aliphatic rings. The summed E-state index contributed by atoms with van der Waals surface area (Å²) >= 11 is 6.56. The highest BCUT2D eigenvalue weighted by molar-refractivity contribution is 6.31. The molecule has 2 amide bonds. The van der Waals surface area contributed by atoms with E-state index in [1.54, 1.807) is 13.1 Å². The van der Waals surface area contributed by atoms with Gasteiger partial charge in [-0.05, 0) is 64.2 Å². The van der Waals surface area contributed by atoms with Gasteiger partial charge in [0.15, 0.2) is 5.79 Å². The number of anilines is 1. The molecule has 1 saturated carbocycles. The summed E-state index contributed by atoms with van der Waals surface area (Å²) in [7, 11) is 1.66. The van der Waals surface area contributed by atoms with Gasteiger partial charge in [-0.3, -0.25) is 9.69 Å². The third-order valence-electron chi connectivity index (χ3n) is 6.88. The maximum Gasteiger partial charge on any atom is 0.414 e. The number of rotatable bonds is 4. The summed E-state index contributed by atoms with van der Waals surface area (Å²) in [5.74, 6) is -0.248. The summed E-state index contributed by atoms with van der Waals surface area (Å²) in [6.45, 7) is 7.63. The molecule has 0 bridgehead atoms. The summed E-state index contributed by atoms with van der Waals surface area (Å²) < 4.78 is 17.1. The Bertz CT molecular complexity index is 883. The van der Waals surface area contributed by atoms with Gasteiger partial charge in [0, 0.05) is 49.1 Å². The van der Waals surface area contributed by atoms with Crippen LogP contribution in [-0.4, -0.2) is 61.1 Å². The van der Waals surface area contributed by atoms with E-state index in [-0.39, 0.29) is 17.9 Å². The number of likely N-dealkylation sites (tertiary alicyclic amines) is 1. The van der Waals surface area contributed by atoms with Gasteiger partial charge in [-0.25, -0.2) is 4.79 Å². The Morgan fingerprint density at radius 2 is 1.88 bits per heavy atom. The molecular formula is C25H35ClN2O5. The first-order valence-electron chi connectivity index (χ1n) is 11.9. The fraction of sp³-hybridized carbons (Fsp3) is 0.680. The molecule has 1 aromatic carbocycles. The van der Waals surface area contributed by atoms with Crippen molar-refractivity contribution < 1.29 is 23.8 Å². The number of carbonyl (C=O) groups excluding carboxylic acids is 2. The fourth-order valence-corrected chi connectivity index (χ4v) is 5.32. The van der Waals surface area contributed by atoms with Gasteiger partial charge in [-0.15, -0.1) is 0 Å². The number of amides is 2. The average molecular weight is 479 g/mol. The molecule has 1 aliphatic carbocycles. The van der Waals surface area contributed by atoms with Gasteiger partial charge < -0.3 is 19.1 Å². The van der Waals surface area contributed by atoms with Crippen LogP contribution in [0.25, 0.3) is 0 Å². The van der Waals surface area contributed by atoms with Crippen molar-refractivity contribution in [2.24, 2.45) is 5.92 Å². The molecule has 1 unspecified atom stereocenters. The molecule has 2 aliphatic heterocycles. The van der Waals surface area contributed by atoms with Gasteiger partial charge in [0.25, 0.3) is 0 Å². The van der Waals surface area contributed by atoms with Crippen LogP contribution >= 0.6 is 11.6 Å². The van der Waals surface area contributed by atoms with Gasteiger partial charge >= 0.3 is 6.09 Å². The first kappa shape index (κ1) is 24.3. The molecule has 2 saturated heterocycles. The summed E-state index contributed by atoms with van der Waals surface area (Å²) in [4.78, 5) is 29.0. The zero-order chi connectivity index (χ0) is 23.8. The van der Waals surface area contributed by atoms with Gasteiger partial charge in [0.1, 0.15) is 5.60 Å². The zero-order valence-electron chi connectivity index (χ0n) is 20.1. The number of ether oxygens (including phenoxy) is 3. The van der Waals surface area contributed by atoms with E-state index in [0.717, 1.165) is 44.2 Å². The van der Waals surface area contributed by atoms with E-state index in [9.17, 15) is 9.59 Å². The molecule has 1 aromatic rings. The molecule has 4 rings (SSSR count). The van der Waals surface area contributed by atoms with Crippen molar-refractivity contribution in [3.63, 3.8) is 0 Å². The standard InChI is InChI=1S/C25H35ClN2O5/c1-24(2,3)33-23(30)27(4)20-6-5-17(21(26)16-20)15-18-9-12-28(22(18)29)19-7-10-25(11-8-19)31-13-14-32-25/h5-6,16,18-19H,7-15H2,1-4H3. The second-order valence-corrected chi connectivity index (χ2v) is 10.8. The molecular weight excluding hydrogens is 444 g/mol. The van der Waals surface area contributed by atoms with Crippen LogP contribution in [0.15, 0.2) is 18.2 Å². The predicted molar refractivity (Wildman–Crippen MR) is 127 cm³/mol. The van der Waals surface area contributed by atoms with Crippen LogP contribution in [-0.2, 0) is 25.4 Å². The largest absolute Gasteiger partial charge is 0.443 e. The first-order valence-corrected chi connectivity index (χ1v) is 12.3. The highest BCUT2D eigenvalue weighted by atomic mass is 35.5. The number of benzene rings is 1. The second kappa shape index (κ2) is 9.43. The van der Waals surface area contributed by atoms with Crippen LogP contribution in [0.4, 0.5) is 10.5 Å². The van der Waals surface area contributed by atoms with Crippen molar-refractivity contribution >= 4 is 29.3 Å². The molecule has 33 heavy (non-hydrogen) atoms. The molecule has 1 spiro atoms. The molecule has 182 valence electrons. The fourth-order valence-electron chi connectivity index (χ4n) is 5.07. The van der Waals surface area contributed by atoms with Crippen LogP contribution in [0.1, 0.15) is 58.4 Å². The lowest BCUT2D eigenvalue weighted by Gasteiger charge is -2.39. The van der Waals surface area contributed by atoms with E-state index in [1.165, 1.54) is 4.90 Å². The Balaban J connectivity index is 1.34. The number of halogens is 1. The molecule has 0 aromatic heterocycles. The Morgan fingerprint density at radius 3 is 2.48 bits per heavy atom. The number of hydrogen-bond acceptors (Lipinski definition) is 5. The maximum absolute atomic E-state index is 13.2. The van der Waals surface area contributed by atoms with E-state index >= 15 is 0 Å². The van der Waals surface area contributed by atoms with Crippen molar-refractivity contribution in [1.82, 2.24) is 4.90 Å². The lowest BCUT2D eigenvalue weighted by Crippen LogP contribution is -2.45. The highest BCUT2D eigenvalue weighted by Crippen LogP contribution is 2.39. The van der Waals surface area contributed by atoms with Crippen LogP contribution in [0, 0.1) is 5.92 Å². The van der Waals surface area contributed by atoms with E-state index in [1.807, 2.05) is 32.9 Å². The van der Waals surface area contributed by atoms with Gasteiger partial charge in [0.05, 0.1) is 13.2 Å². The van der Waals surface area contributed by atoms with Crippen LogP contribution in [0.3, 0.4) is 0 Å². The zero-order valence-corrected chi connectivity index (χ0v) is 20.8. The Morgan fingerprint density at radius 1 is 1.21 bits per heavy atom. The highest BCUT2D eigenvalue weighted by Gasteiger charge is 2.44. The third kappa shape index (κ3) is 5.47. The Hall–Kier alpha value is -1.83. The Kier molecular flexibility index (Phi) is 6.95. The van der Waals surface area contributed by atoms with Crippen LogP contribution in [0.2, 0.25) is 5.02 Å². The van der Waals surface area contributed by atoms with E-state index in [2.05, 4.69) is 4.90 Å². The van der Waals surface area contributed by atoms with Gasteiger partial charge in [0.2, 0.25) is 5.91 Å². The number of hydrogen-bond donors (Lipinski definition) is 0. The molecule has 0 radical (unpaired) electrons. The average Bonchev–Trinajstić information content (AvgIpc) is 3.35. The maximum atomic E-state index is 13.2. The third-order valence-corrected chi connectivity index (χ3v) is 7.23. The smallest absolute Gasteiger partial charge is 0.414 e. The summed E-state index contributed by atoms with van der Waals surface area (Å²) in [5, 5.41) is 0.560. The lowest BCUT2D eigenvalue weighted by atomic mass is 9.89.